The van der Waals surface area contributed by atoms with Crippen LogP contribution >= 0.6 is 0 Å². The largest absolute Gasteiger partial charge is 0.358 e. The van der Waals surface area contributed by atoms with Crippen molar-refractivity contribution in [1.82, 2.24) is 10.6 Å². The molecule has 0 radical (unpaired) electrons. The lowest BCUT2D eigenvalue weighted by molar-refractivity contribution is -0.122. The smallest absolute Gasteiger partial charge is 0.236 e. The quantitative estimate of drug-likeness (QED) is 0.774. The van der Waals surface area contributed by atoms with Gasteiger partial charge in [0.1, 0.15) is 0 Å². The fourth-order valence-corrected chi connectivity index (χ4v) is 2.97. The summed E-state index contributed by atoms with van der Waals surface area (Å²) in [7, 11) is 1.70. The summed E-state index contributed by atoms with van der Waals surface area (Å²) in [6.45, 7) is 6.54. The van der Waals surface area contributed by atoms with Gasteiger partial charge in [-0.05, 0) is 38.0 Å². The lowest BCUT2D eigenvalue weighted by atomic mass is 9.81. The van der Waals surface area contributed by atoms with Crippen LogP contribution in [0, 0.1) is 11.8 Å². The first-order valence-electron chi connectivity index (χ1n) is 7.00. The summed E-state index contributed by atoms with van der Waals surface area (Å²) in [5.74, 6) is 1.73. The maximum atomic E-state index is 11.5. The van der Waals surface area contributed by atoms with Crippen molar-refractivity contribution in [2.24, 2.45) is 11.8 Å². The minimum Gasteiger partial charge on any atom is -0.358 e. The van der Waals surface area contributed by atoms with Crippen LogP contribution in [-0.2, 0) is 4.79 Å². The van der Waals surface area contributed by atoms with Crippen molar-refractivity contribution in [3.63, 3.8) is 0 Å². The zero-order chi connectivity index (χ0) is 12.8. The molecule has 0 spiro atoms. The van der Waals surface area contributed by atoms with E-state index < -0.39 is 0 Å². The van der Waals surface area contributed by atoms with Gasteiger partial charge in [0.2, 0.25) is 5.91 Å². The highest BCUT2D eigenvalue weighted by Crippen LogP contribution is 2.29. The average Bonchev–Trinajstić information content (AvgIpc) is 2.27. The molecule has 0 saturated heterocycles. The van der Waals surface area contributed by atoms with Gasteiger partial charge in [-0.2, -0.15) is 0 Å². The van der Waals surface area contributed by atoms with Gasteiger partial charge in [-0.3, -0.25) is 4.79 Å². The maximum Gasteiger partial charge on any atom is 0.236 e. The number of likely N-dealkylation sites (N-methyl/N-ethyl adjacent to an activating group) is 1. The van der Waals surface area contributed by atoms with Crippen molar-refractivity contribution in [1.29, 1.82) is 0 Å². The SMILES string of the molecule is CNC(=O)C(C)NC1CCCC(CC(C)C)C1. The van der Waals surface area contributed by atoms with Crippen LogP contribution in [0.5, 0.6) is 0 Å². The lowest BCUT2D eigenvalue weighted by Gasteiger charge is -2.32. The molecule has 100 valence electrons. The van der Waals surface area contributed by atoms with Gasteiger partial charge in [0, 0.05) is 13.1 Å². The van der Waals surface area contributed by atoms with E-state index in [1.165, 1.54) is 32.1 Å². The molecule has 0 aromatic rings. The van der Waals surface area contributed by atoms with Gasteiger partial charge in [0.15, 0.2) is 0 Å². The van der Waals surface area contributed by atoms with E-state index in [1.54, 1.807) is 7.05 Å². The van der Waals surface area contributed by atoms with Gasteiger partial charge in [-0.1, -0.05) is 26.7 Å². The number of nitrogens with one attached hydrogen (secondary N) is 2. The molecule has 3 heteroatoms. The van der Waals surface area contributed by atoms with E-state index in [9.17, 15) is 4.79 Å². The summed E-state index contributed by atoms with van der Waals surface area (Å²) >= 11 is 0. The van der Waals surface area contributed by atoms with Crippen LogP contribution < -0.4 is 10.6 Å². The van der Waals surface area contributed by atoms with Gasteiger partial charge in [0.25, 0.3) is 0 Å². The Labute approximate surface area is 106 Å². The third-order valence-electron chi connectivity index (χ3n) is 3.71. The first-order valence-corrected chi connectivity index (χ1v) is 7.00. The zero-order valence-corrected chi connectivity index (χ0v) is 11.8. The summed E-state index contributed by atoms with van der Waals surface area (Å²) in [6.07, 6.45) is 6.45. The van der Waals surface area contributed by atoms with Gasteiger partial charge < -0.3 is 10.6 Å². The molecule has 1 aliphatic carbocycles. The van der Waals surface area contributed by atoms with Crippen molar-refractivity contribution in [3.05, 3.63) is 0 Å². The van der Waals surface area contributed by atoms with Gasteiger partial charge in [-0.25, -0.2) is 0 Å². The van der Waals surface area contributed by atoms with Gasteiger partial charge in [-0.15, -0.1) is 0 Å². The normalized spacial score (nSPS) is 26.9. The standard InChI is InChI=1S/C14H28N2O/c1-10(2)8-12-6-5-7-13(9-12)16-11(3)14(17)15-4/h10-13,16H,5-9H2,1-4H3,(H,15,17). The van der Waals surface area contributed by atoms with Crippen molar-refractivity contribution in [2.75, 3.05) is 7.05 Å². The number of amides is 1. The first-order chi connectivity index (χ1) is 8.02. The predicted octanol–water partition coefficient (Wildman–Crippen LogP) is 2.32. The van der Waals surface area contributed by atoms with Crippen molar-refractivity contribution >= 4 is 5.91 Å². The van der Waals surface area contributed by atoms with E-state index in [4.69, 9.17) is 0 Å². The van der Waals surface area contributed by atoms with Crippen LogP contribution in [-0.4, -0.2) is 25.0 Å². The molecule has 3 unspecified atom stereocenters. The third-order valence-corrected chi connectivity index (χ3v) is 3.71. The Bertz CT molecular complexity index is 240. The molecule has 0 heterocycles. The van der Waals surface area contributed by atoms with Crippen LogP contribution in [0.2, 0.25) is 0 Å². The maximum absolute atomic E-state index is 11.5. The average molecular weight is 240 g/mol. The molecule has 0 aromatic carbocycles. The number of rotatable bonds is 5. The number of hydrogen-bond acceptors (Lipinski definition) is 2. The molecule has 1 saturated carbocycles. The molecular weight excluding hydrogens is 212 g/mol. The van der Waals surface area contributed by atoms with Crippen molar-refractivity contribution in [2.45, 2.75) is 65.0 Å². The molecule has 1 rings (SSSR count). The predicted molar refractivity (Wildman–Crippen MR) is 71.9 cm³/mol. The molecule has 3 nitrogen and oxygen atoms in total. The van der Waals surface area contributed by atoms with Crippen LogP contribution in [0.25, 0.3) is 0 Å². The van der Waals surface area contributed by atoms with E-state index in [0.29, 0.717) is 6.04 Å². The van der Waals surface area contributed by atoms with E-state index >= 15 is 0 Å². The molecular formula is C14H28N2O. The summed E-state index contributed by atoms with van der Waals surface area (Å²) in [6, 6.07) is 0.461. The summed E-state index contributed by atoms with van der Waals surface area (Å²) < 4.78 is 0. The number of carbonyl (C=O) groups is 1. The van der Waals surface area contributed by atoms with Crippen molar-refractivity contribution in [3.8, 4) is 0 Å². The third kappa shape index (κ3) is 5.07. The second kappa shape index (κ2) is 7.00. The minimum absolute atomic E-state index is 0.0669. The first kappa shape index (κ1) is 14.5. The summed E-state index contributed by atoms with van der Waals surface area (Å²) in [5, 5.41) is 6.16. The molecule has 0 aliphatic heterocycles. The van der Waals surface area contributed by atoms with E-state index in [1.807, 2.05) is 6.92 Å². The topological polar surface area (TPSA) is 41.1 Å². The number of hydrogen-bond donors (Lipinski definition) is 2. The molecule has 3 atom stereocenters. The molecule has 1 amide bonds. The fraction of sp³-hybridized carbons (Fsp3) is 0.929. The molecule has 2 N–H and O–H groups in total. The Kier molecular flexibility index (Phi) is 5.96. The Balaban J connectivity index is 2.36. The Hall–Kier alpha value is -0.570. The van der Waals surface area contributed by atoms with E-state index in [2.05, 4.69) is 24.5 Å². The number of carbonyl (C=O) groups excluding carboxylic acids is 1. The molecule has 1 aliphatic rings. The molecule has 17 heavy (non-hydrogen) atoms. The van der Waals surface area contributed by atoms with Crippen LogP contribution in [0.4, 0.5) is 0 Å². The van der Waals surface area contributed by atoms with E-state index in [-0.39, 0.29) is 11.9 Å². The van der Waals surface area contributed by atoms with Crippen LogP contribution in [0.1, 0.15) is 52.9 Å². The second-order valence-corrected chi connectivity index (χ2v) is 5.86. The monoisotopic (exact) mass is 240 g/mol. The lowest BCUT2D eigenvalue weighted by Crippen LogP contribution is -2.47. The second-order valence-electron chi connectivity index (χ2n) is 5.86. The fourth-order valence-electron chi connectivity index (χ4n) is 2.97. The molecule has 1 fully saturated rings. The summed E-state index contributed by atoms with van der Waals surface area (Å²) in [4.78, 5) is 11.5. The van der Waals surface area contributed by atoms with E-state index in [0.717, 1.165) is 11.8 Å². The van der Waals surface area contributed by atoms with Crippen molar-refractivity contribution < 1.29 is 4.79 Å². The highest BCUT2D eigenvalue weighted by Gasteiger charge is 2.24. The Morgan fingerprint density at radius 1 is 1.29 bits per heavy atom. The molecule has 0 aromatic heterocycles. The molecule has 0 bridgehead atoms. The Morgan fingerprint density at radius 3 is 2.59 bits per heavy atom. The van der Waals surface area contributed by atoms with Gasteiger partial charge in [0.05, 0.1) is 6.04 Å². The van der Waals surface area contributed by atoms with Crippen LogP contribution in [0.3, 0.4) is 0 Å². The van der Waals surface area contributed by atoms with Crippen LogP contribution in [0.15, 0.2) is 0 Å². The summed E-state index contributed by atoms with van der Waals surface area (Å²) in [5.41, 5.74) is 0. The van der Waals surface area contributed by atoms with Gasteiger partial charge >= 0.3 is 0 Å². The highest BCUT2D eigenvalue weighted by molar-refractivity contribution is 5.80. The zero-order valence-electron chi connectivity index (χ0n) is 11.8. The highest BCUT2D eigenvalue weighted by atomic mass is 16.2. The minimum atomic E-state index is -0.0669. The Morgan fingerprint density at radius 2 is 2.00 bits per heavy atom.